The molecule has 0 spiro atoms. The van der Waals surface area contributed by atoms with Crippen molar-refractivity contribution in [1.29, 1.82) is 0 Å². The summed E-state index contributed by atoms with van der Waals surface area (Å²) in [7, 11) is 0. The van der Waals surface area contributed by atoms with E-state index >= 15 is 0 Å². The molecule has 0 saturated heterocycles. The molecule has 0 bridgehead atoms. The zero-order valence-corrected chi connectivity index (χ0v) is 19.1. The molecule has 2 N–H and O–H groups in total. The highest BCUT2D eigenvalue weighted by molar-refractivity contribution is 5.95. The lowest BCUT2D eigenvalue weighted by Gasteiger charge is -2.21. The van der Waals surface area contributed by atoms with Crippen molar-refractivity contribution in [2.45, 2.75) is 19.9 Å². The molecule has 3 aromatic carbocycles. The minimum absolute atomic E-state index is 0.202. The molecule has 7 nitrogen and oxygen atoms in total. The van der Waals surface area contributed by atoms with Gasteiger partial charge in [0.1, 0.15) is 5.82 Å². The van der Waals surface area contributed by atoms with Crippen LogP contribution in [0.3, 0.4) is 0 Å². The number of pyridine rings is 1. The molecule has 5 rings (SSSR count). The number of fused-ring (bicyclic) bond motifs is 1. The van der Waals surface area contributed by atoms with Gasteiger partial charge in [0.25, 0.3) is 0 Å². The lowest BCUT2D eigenvalue weighted by atomic mass is 9.96. The first-order valence-corrected chi connectivity index (χ1v) is 11.1. The Morgan fingerprint density at radius 1 is 1.03 bits per heavy atom. The third kappa shape index (κ3) is 4.33. The van der Waals surface area contributed by atoms with E-state index in [2.05, 4.69) is 21.6 Å². The number of rotatable bonds is 6. The second-order valence-corrected chi connectivity index (χ2v) is 8.32. The van der Waals surface area contributed by atoms with Crippen molar-refractivity contribution in [3.63, 3.8) is 0 Å². The van der Waals surface area contributed by atoms with Crippen molar-refractivity contribution in [1.82, 2.24) is 20.0 Å². The van der Waals surface area contributed by atoms with Gasteiger partial charge in [0.05, 0.1) is 23.5 Å². The number of aromatic nitrogens is 4. The Bertz CT molecular complexity index is 1530. The van der Waals surface area contributed by atoms with Gasteiger partial charge in [0.2, 0.25) is 0 Å². The molecule has 0 amide bonds. The Morgan fingerprint density at radius 2 is 1.74 bits per heavy atom. The van der Waals surface area contributed by atoms with Gasteiger partial charge < -0.3 is 10.4 Å². The van der Waals surface area contributed by atoms with Gasteiger partial charge in [-0.05, 0) is 66.9 Å². The normalized spacial score (nSPS) is 12.0. The van der Waals surface area contributed by atoms with Crippen molar-refractivity contribution < 1.29 is 14.3 Å². The number of nitrogens with zero attached hydrogens (tertiary/aromatic N) is 4. The topological polar surface area (TPSA) is 92.9 Å². The first-order chi connectivity index (χ1) is 16.9. The minimum Gasteiger partial charge on any atom is -0.478 e. The Kier molecular flexibility index (Phi) is 5.70. The number of benzene rings is 3. The quantitative estimate of drug-likeness (QED) is 0.328. The van der Waals surface area contributed by atoms with E-state index in [1.165, 1.54) is 16.9 Å². The molecule has 174 valence electrons. The molecule has 0 radical (unpaired) electrons. The summed E-state index contributed by atoms with van der Waals surface area (Å²) in [5, 5.41) is 22.3. The smallest absolute Gasteiger partial charge is 0.337 e. The Labute approximate surface area is 200 Å². The number of carboxylic acids is 1. The highest BCUT2D eigenvalue weighted by Crippen LogP contribution is 2.34. The van der Waals surface area contributed by atoms with Crippen LogP contribution in [0.4, 0.5) is 10.1 Å². The van der Waals surface area contributed by atoms with Crippen LogP contribution in [0.2, 0.25) is 0 Å². The number of hydrogen-bond acceptors (Lipinski definition) is 5. The zero-order valence-electron chi connectivity index (χ0n) is 19.1. The van der Waals surface area contributed by atoms with Gasteiger partial charge >= 0.3 is 5.97 Å². The van der Waals surface area contributed by atoms with Crippen molar-refractivity contribution in [3.05, 3.63) is 102 Å². The largest absolute Gasteiger partial charge is 0.478 e. The highest BCUT2D eigenvalue weighted by atomic mass is 19.1. The van der Waals surface area contributed by atoms with E-state index in [1.54, 1.807) is 48.8 Å². The van der Waals surface area contributed by atoms with E-state index in [0.29, 0.717) is 11.5 Å². The molecule has 0 fully saturated rings. The summed E-state index contributed by atoms with van der Waals surface area (Å²) < 4.78 is 13.6. The summed E-state index contributed by atoms with van der Waals surface area (Å²) in [4.78, 5) is 18.0. The molecule has 1 unspecified atom stereocenters. The van der Waals surface area contributed by atoms with Gasteiger partial charge in [-0.1, -0.05) is 30.3 Å². The third-order valence-corrected chi connectivity index (χ3v) is 5.85. The number of aryl methyl sites for hydroxylation is 1. The van der Waals surface area contributed by atoms with Crippen LogP contribution in [0.1, 0.15) is 34.5 Å². The zero-order chi connectivity index (χ0) is 24.5. The fourth-order valence-electron chi connectivity index (χ4n) is 4.22. The average molecular weight is 468 g/mol. The van der Waals surface area contributed by atoms with E-state index in [-0.39, 0.29) is 17.4 Å². The maximum atomic E-state index is 13.6. The fourth-order valence-corrected chi connectivity index (χ4v) is 4.22. The van der Waals surface area contributed by atoms with Gasteiger partial charge in [0, 0.05) is 22.7 Å². The molecule has 5 aromatic rings. The molecule has 2 aromatic heterocycles. The Hall–Kier alpha value is -4.59. The first kappa shape index (κ1) is 22.2. The second-order valence-electron chi connectivity index (χ2n) is 8.32. The van der Waals surface area contributed by atoms with Crippen molar-refractivity contribution in [3.8, 4) is 16.9 Å². The standard InChI is InChI=1S/C27H22FN5O2/c1-16-13-21(17(2)31-24-6-4-3-5-20(24)27(34)35)23-15-22(18-7-9-19(28)10-8-18)26(32-25(23)14-16)33-29-11-12-30-33/h3-15,17,31H,1-2H3,(H,34,35). The summed E-state index contributed by atoms with van der Waals surface area (Å²) in [6.07, 6.45) is 3.15. The van der Waals surface area contributed by atoms with Crippen molar-refractivity contribution in [2.24, 2.45) is 0 Å². The lowest BCUT2D eigenvalue weighted by Crippen LogP contribution is -2.12. The summed E-state index contributed by atoms with van der Waals surface area (Å²) in [6.45, 7) is 3.97. The molecule has 0 aliphatic heterocycles. The maximum Gasteiger partial charge on any atom is 0.337 e. The van der Waals surface area contributed by atoms with Gasteiger partial charge in [0.15, 0.2) is 5.82 Å². The molecule has 2 heterocycles. The number of para-hydroxylation sites is 1. The number of hydrogen-bond donors (Lipinski definition) is 2. The Morgan fingerprint density at radius 3 is 2.46 bits per heavy atom. The molecule has 0 saturated carbocycles. The van der Waals surface area contributed by atoms with E-state index in [9.17, 15) is 14.3 Å². The summed E-state index contributed by atoms with van der Waals surface area (Å²) in [5.74, 6) is -0.791. The summed E-state index contributed by atoms with van der Waals surface area (Å²) in [6, 6.07) is 18.9. The molecular weight excluding hydrogens is 445 g/mol. The molecule has 8 heteroatoms. The predicted octanol–water partition coefficient (Wildman–Crippen LogP) is 5.80. The van der Waals surface area contributed by atoms with Crippen LogP contribution in [-0.2, 0) is 0 Å². The molecule has 0 aliphatic rings. The van der Waals surface area contributed by atoms with E-state index in [4.69, 9.17) is 4.98 Å². The predicted molar refractivity (Wildman–Crippen MR) is 132 cm³/mol. The molecule has 1 atom stereocenters. The van der Waals surface area contributed by atoms with Crippen LogP contribution >= 0.6 is 0 Å². The van der Waals surface area contributed by atoms with Crippen LogP contribution in [0.25, 0.3) is 27.8 Å². The second kappa shape index (κ2) is 8.98. The van der Waals surface area contributed by atoms with E-state index in [0.717, 1.165) is 33.2 Å². The molecule has 0 aliphatic carbocycles. The molecular formula is C27H22FN5O2. The molecule has 35 heavy (non-hydrogen) atoms. The summed E-state index contributed by atoms with van der Waals surface area (Å²) >= 11 is 0. The number of carboxylic acid groups (broad SMARTS) is 1. The van der Waals surface area contributed by atoms with Gasteiger partial charge in [-0.2, -0.15) is 10.2 Å². The number of halogens is 1. The monoisotopic (exact) mass is 467 g/mol. The van der Waals surface area contributed by atoms with Crippen LogP contribution in [0.5, 0.6) is 0 Å². The van der Waals surface area contributed by atoms with Gasteiger partial charge in [-0.15, -0.1) is 4.80 Å². The minimum atomic E-state index is -0.994. The summed E-state index contributed by atoms with van der Waals surface area (Å²) in [5.41, 5.74) is 4.97. The first-order valence-electron chi connectivity index (χ1n) is 11.1. The van der Waals surface area contributed by atoms with Crippen molar-refractivity contribution in [2.75, 3.05) is 5.32 Å². The number of carbonyl (C=O) groups is 1. The average Bonchev–Trinajstić information content (AvgIpc) is 3.38. The van der Waals surface area contributed by atoms with Crippen LogP contribution < -0.4 is 5.32 Å². The van der Waals surface area contributed by atoms with Crippen molar-refractivity contribution >= 4 is 22.6 Å². The number of anilines is 1. The Balaban J connectivity index is 1.69. The van der Waals surface area contributed by atoms with Crippen LogP contribution in [0, 0.1) is 12.7 Å². The number of aromatic carboxylic acids is 1. The van der Waals surface area contributed by atoms with Gasteiger partial charge in [-0.3, -0.25) is 0 Å². The number of nitrogens with one attached hydrogen (secondary N) is 1. The maximum absolute atomic E-state index is 13.6. The SMILES string of the molecule is Cc1cc(C(C)Nc2ccccc2C(=O)O)c2cc(-c3ccc(F)cc3)c(-n3nccn3)nc2c1. The van der Waals surface area contributed by atoms with E-state index in [1.807, 2.05) is 26.0 Å². The highest BCUT2D eigenvalue weighted by Gasteiger charge is 2.19. The van der Waals surface area contributed by atoms with Crippen LogP contribution in [-0.4, -0.2) is 31.1 Å². The van der Waals surface area contributed by atoms with Gasteiger partial charge in [-0.25, -0.2) is 14.2 Å². The van der Waals surface area contributed by atoms with Crippen LogP contribution in [0.15, 0.2) is 79.1 Å². The third-order valence-electron chi connectivity index (χ3n) is 5.85. The fraction of sp³-hybridized carbons (Fsp3) is 0.111. The lowest BCUT2D eigenvalue weighted by molar-refractivity contribution is 0.0698. The van der Waals surface area contributed by atoms with E-state index < -0.39 is 5.97 Å².